The Bertz CT molecular complexity index is 668. The van der Waals surface area contributed by atoms with Crippen LogP contribution in [0.5, 0.6) is 0 Å². The van der Waals surface area contributed by atoms with E-state index in [2.05, 4.69) is 30.8 Å². The molecule has 0 amide bonds. The normalized spacial score (nSPS) is 25.0. The fraction of sp³-hybridized carbons (Fsp3) is 0.526. The Hall–Kier alpha value is -2.05. The van der Waals surface area contributed by atoms with Gasteiger partial charge in [-0.2, -0.15) is 0 Å². The molecular weight excluding hydrogens is 314 g/mol. The molecular formula is C19H25N5O. The summed E-state index contributed by atoms with van der Waals surface area (Å²) in [5.41, 5.74) is 1.42. The highest BCUT2D eigenvalue weighted by Gasteiger charge is 2.39. The molecule has 0 aromatic carbocycles. The molecule has 4 heterocycles. The molecule has 6 nitrogen and oxygen atoms in total. The molecule has 0 bridgehead atoms. The van der Waals surface area contributed by atoms with Crippen LogP contribution in [-0.2, 0) is 11.3 Å². The molecule has 0 unspecified atom stereocenters. The summed E-state index contributed by atoms with van der Waals surface area (Å²) >= 11 is 0. The zero-order valence-corrected chi connectivity index (χ0v) is 14.5. The van der Waals surface area contributed by atoms with Crippen molar-refractivity contribution >= 4 is 5.95 Å². The summed E-state index contributed by atoms with van der Waals surface area (Å²) < 4.78 is 6.00. The summed E-state index contributed by atoms with van der Waals surface area (Å²) in [7, 11) is 0. The summed E-state index contributed by atoms with van der Waals surface area (Å²) in [5, 5.41) is 0. The molecule has 2 aromatic heterocycles. The van der Waals surface area contributed by atoms with Gasteiger partial charge in [-0.25, -0.2) is 9.97 Å². The first-order valence-electron chi connectivity index (χ1n) is 9.04. The number of hydrogen-bond donors (Lipinski definition) is 0. The quantitative estimate of drug-likeness (QED) is 0.852. The second-order valence-electron chi connectivity index (χ2n) is 7.20. The van der Waals surface area contributed by atoms with Gasteiger partial charge in [0.1, 0.15) is 0 Å². The molecule has 25 heavy (non-hydrogen) atoms. The third-order valence-corrected chi connectivity index (χ3v) is 5.14. The van der Waals surface area contributed by atoms with E-state index in [0.29, 0.717) is 0 Å². The first kappa shape index (κ1) is 16.4. The average Bonchev–Trinajstić information content (AvgIpc) is 2.86. The minimum atomic E-state index is 0.149. The van der Waals surface area contributed by atoms with Crippen molar-refractivity contribution < 1.29 is 4.74 Å². The van der Waals surface area contributed by atoms with Crippen LogP contribution in [0.1, 0.15) is 18.4 Å². The van der Waals surface area contributed by atoms with Crippen molar-refractivity contribution in [1.82, 2.24) is 19.9 Å². The summed E-state index contributed by atoms with van der Waals surface area (Å²) in [6, 6.07) is 6.03. The second-order valence-corrected chi connectivity index (χ2v) is 7.20. The molecule has 1 spiro atoms. The van der Waals surface area contributed by atoms with E-state index in [9.17, 15) is 0 Å². The van der Waals surface area contributed by atoms with Gasteiger partial charge in [-0.05, 0) is 37.1 Å². The monoisotopic (exact) mass is 339 g/mol. The summed E-state index contributed by atoms with van der Waals surface area (Å²) in [6.07, 6.45) is 9.83. The Kier molecular flexibility index (Phi) is 4.90. The Morgan fingerprint density at radius 2 is 2.00 bits per heavy atom. The van der Waals surface area contributed by atoms with Crippen molar-refractivity contribution in [3.05, 3.63) is 48.5 Å². The molecule has 132 valence electrons. The highest BCUT2D eigenvalue weighted by Crippen LogP contribution is 2.34. The van der Waals surface area contributed by atoms with Gasteiger partial charge in [-0.3, -0.25) is 9.88 Å². The van der Waals surface area contributed by atoms with Crippen LogP contribution in [0.2, 0.25) is 0 Å². The molecule has 2 aliphatic heterocycles. The number of ether oxygens (including phenoxy) is 1. The lowest BCUT2D eigenvalue weighted by Crippen LogP contribution is -2.50. The Morgan fingerprint density at radius 3 is 2.84 bits per heavy atom. The molecule has 2 aromatic rings. The number of nitrogens with zero attached hydrogens (tertiary/aromatic N) is 5. The van der Waals surface area contributed by atoms with Crippen LogP contribution in [0.4, 0.5) is 5.95 Å². The Morgan fingerprint density at radius 1 is 1.08 bits per heavy atom. The van der Waals surface area contributed by atoms with Gasteiger partial charge in [0.05, 0.1) is 13.2 Å². The van der Waals surface area contributed by atoms with Crippen LogP contribution in [0.25, 0.3) is 0 Å². The highest BCUT2D eigenvalue weighted by molar-refractivity contribution is 5.29. The van der Waals surface area contributed by atoms with Gasteiger partial charge in [0, 0.05) is 56.4 Å². The second kappa shape index (κ2) is 7.45. The summed E-state index contributed by atoms with van der Waals surface area (Å²) in [6.45, 7) is 6.51. The minimum Gasteiger partial charge on any atom is -0.379 e. The van der Waals surface area contributed by atoms with E-state index in [0.717, 1.165) is 51.9 Å². The predicted molar refractivity (Wildman–Crippen MR) is 96.2 cm³/mol. The van der Waals surface area contributed by atoms with Crippen LogP contribution in [0.3, 0.4) is 0 Å². The smallest absolute Gasteiger partial charge is 0.225 e. The van der Waals surface area contributed by atoms with Crippen molar-refractivity contribution in [2.45, 2.75) is 19.4 Å². The number of rotatable bonds is 3. The lowest BCUT2D eigenvalue weighted by Gasteiger charge is -2.43. The van der Waals surface area contributed by atoms with Crippen LogP contribution < -0.4 is 4.90 Å². The van der Waals surface area contributed by atoms with Gasteiger partial charge in [0.15, 0.2) is 0 Å². The minimum absolute atomic E-state index is 0.149. The van der Waals surface area contributed by atoms with Crippen molar-refractivity contribution in [3.8, 4) is 0 Å². The number of aromatic nitrogens is 3. The van der Waals surface area contributed by atoms with E-state index in [-0.39, 0.29) is 5.41 Å². The molecule has 2 aliphatic rings. The van der Waals surface area contributed by atoms with Gasteiger partial charge < -0.3 is 9.64 Å². The van der Waals surface area contributed by atoms with E-state index in [1.807, 2.05) is 36.9 Å². The molecule has 6 heteroatoms. The lowest BCUT2D eigenvalue weighted by molar-refractivity contribution is 0.0106. The van der Waals surface area contributed by atoms with E-state index in [1.165, 1.54) is 18.4 Å². The summed E-state index contributed by atoms with van der Waals surface area (Å²) in [4.78, 5) is 18.0. The molecule has 2 saturated heterocycles. The molecule has 2 fully saturated rings. The van der Waals surface area contributed by atoms with Gasteiger partial charge in [-0.15, -0.1) is 0 Å². The maximum absolute atomic E-state index is 6.00. The molecule has 1 atom stereocenters. The molecule has 4 rings (SSSR count). The largest absolute Gasteiger partial charge is 0.379 e. The topological polar surface area (TPSA) is 54.4 Å². The van der Waals surface area contributed by atoms with Gasteiger partial charge >= 0.3 is 0 Å². The highest BCUT2D eigenvalue weighted by atomic mass is 16.5. The molecule has 0 radical (unpaired) electrons. The predicted octanol–water partition coefficient (Wildman–Crippen LogP) is 1.99. The standard InChI is InChI=1S/C19H25N5O/c1-4-17(12-20-6-1)13-23-9-2-5-19(14-23)15-24(10-11-25-16-19)18-21-7-3-8-22-18/h1,3-4,6-8,12H,2,5,9-11,13-16H2/t19-/m0/s1. The van der Waals surface area contributed by atoms with Crippen molar-refractivity contribution in [3.63, 3.8) is 0 Å². The Labute approximate surface area is 148 Å². The molecule has 0 N–H and O–H groups in total. The third kappa shape index (κ3) is 3.96. The number of pyridine rings is 1. The number of piperidine rings is 1. The van der Waals surface area contributed by atoms with Crippen molar-refractivity contribution in [1.29, 1.82) is 0 Å². The zero-order valence-electron chi connectivity index (χ0n) is 14.5. The van der Waals surface area contributed by atoms with Crippen LogP contribution in [0.15, 0.2) is 43.0 Å². The van der Waals surface area contributed by atoms with Crippen LogP contribution in [0, 0.1) is 5.41 Å². The van der Waals surface area contributed by atoms with Crippen LogP contribution in [-0.4, -0.2) is 59.2 Å². The lowest BCUT2D eigenvalue weighted by atomic mass is 9.80. The van der Waals surface area contributed by atoms with Crippen LogP contribution >= 0.6 is 0 Å². The van der Waals surface area contributed by atoms with Crippen molar-refractivity contribution in [2.24, 2.45) is 5.41 Å². The van der Waals surface area contributed by atoms with E-state index in [4.69, 9.17) is 4.74 Å². The molecule has 0 saturated carbocycles. The first-order chi connectivity index (χ1) is 12.3. The number of hydrogen-bond acceptors (Lipinski definition) is 6. The number of likely N-dealkylation sites (tertiary alicyclic amines) is 1. The fourth-order valence-electron chi connectivity index (χ4n) is 4.06. The van der Waals surface area contributed by atoms with E-state index >= 15 is 0 Å². The molecule has 0 aliphatic carbocycles. The van der Waals surface area contributed by atoms with Gasteiger partial charge in [0.25, 0.3) is 0 Å². The Balaban J connectivity index is 1.49. The first-order valence-corrected chi connectivity index (χ1v) is 9.04. The van der Waals surface area contributed by atoms with Gasteiger partial charge in [0.2, 0.25) is 5.95 Å². The van der Waals surface area contributed by atoms with E-state index in [1.54, 1.807) is 0 Å². The average molecular weight is 339 g/mol. The van der Waals surface area contributed by atoms with E-state index < -0.39 is 0 Å². The zero-order chi connectivity index (χ0) is 17.0. The maximum atomic E-state index is 6.00. The SMILES string of the molecule is c1cnc(N2CCOC[C@]3(CCCN(Cc4cccnc4)C3)C2)nc1. The maximum Gasteiger partial charge on any atom is 0.225 e. The summed E-state index contributed by atoms with van der Waals surface area (Å²) in [5.74, 6) is 0.816. The number of anilines is 1. The van der Waals surface area contributed by atoms with Crippen molar-refractivity contribution in [2.75, 3.05) is 44.3 Å². The third-order valence-electron chi connectivity index (χ3n) is 5.14. The van der Waals surface area contributed by atoms with Gasteiger partial charge in [-0.1, -0.05) is 6.07 Å². The fourth-order valence-corrected chi connectivity index (χ4v) is 4.06.